The van der Waals surface area contributed by atoms with E-state index in [9.17, 15) is 9.59 Å². The first kappa shape index (κ1) is 14.1. The van der Waals surface area contributed by atoms with Gasteiger partial charge in [-0.05, 0) is 39.5 Å². The third kappa shape index (κ3) is 2.22. The molecule has 2 heterocycles. The molecule has 1 aromatic heterocycles. The molecule has 6 nitrogen and oxygen atoms in total. The van der Waals surface area contributed by atoms with Crippen LogP contribution in [0.4, 0.5) is 0 Å². The fourth-order valence-electron chi connectivity index (χ4n) is 3.13. The van der Waals surface area contributed by atoms with Crippen LogP contribution in [-0.2, 0) is 22.7 Å². The Morgan fingerprint density at radius 3 is 2.71 bits per heavy atom. The Bertz CT molecular complexity index is 578. The van der Waals surface area contributed by atoms with Gasteiger partial charge in [0.05, 0.1) is 6.20 Å². The molecule has 1 N–H and O–H groups in total. The Labute approximate surface area is 124 Å². The van der Waals surface area contributed by atoms with Gasteiger partial charge in [-0.25, -0.2) is 0 Å². The number of aryl methyl sites for hydroxylation is 1. The second kappa shape index (κ2) is 4.86. The second-order valence-corrected chi connectivity index (χ2v) is 6.25. The molecule has 1 saturated heterocycles. The zero-order valence-corrected chi connectivity index (χ0v) is 12.8. The Morgan fingerprint density at radius 2 is 2.14 bits per heavy atom. The molecular weight excluding hydrogens is 268 g/mol. The van der Waals surface area contributed by atoms with Crippen LogP contribution in [0, 0.1) is 5.92 Å². The molecule has 1 aliphatic heterocycles. The van der Waals surface area contributed by atoms with E-state index in [1.165, 1.54) is 0 Å². The van der Waals surface area contributed by atoms with Crippen LogP contribution < -0.4 is 5.32 Å². The molecular formula is C15H22N4O2. The lowest BCUT2D eigenvalue weighted by atomic mass is 9.88. The number of hydrogen-bond acceptors (Lipinski definition) is 3. The van der Waals surface area contributed by atoms with Gasteiger partial charge in [-0.2, -0.15) is 5.10 Å². The molecule has 1 saturated carbocycles. The van der Waals surface area contributed by atoms with E-state index >= 15 is 0 Å². The maximum Gasteiger partial charge on any atom is 0.246 e. The fraction of sp³-hybridized carbons (Fsp3) is 0.667. The molecule has 2 unspecified atom stereocenters. The summed E-state index contributed by atoms with van der Waals surface area (Å²) >= 11 is 0. The van der Waals surface area contributed by atoms with E-state index in [4.69, 9.17) is 0 Å². The first-order chi connectivity index (χ1) is 9.96. The van der Waals surface area contributed by atoms with Gasteiger partial charge in [-0.15, -0.1) is 0 Å². The van der Waals surface area contributed by atoms with Gasteiger partial charge in [0, 0.05) is 24.8 Å². The van der Waals surface area contributed by atoms with Crippen LogP contribution in [0.15, 0.2) is 12.4 Å². The lowest BCUT2D eigenvalue weighted by molar-refractivity contribution is -0.158. The van der Waals surface area contributed by atoms with Crippen LogP contribution in [0.5, 0.6) is 0 Å². The molecule has 3 rings (SSSR count). The summed E-state index contributed by atoms with van der Waals surface area (Å²) in [5.74, 6) is 0.239. The number of aromatic nitrogens is 2. The van der Waals surface area contributed by atoms with Crippen molar-refractivity contribution >= 4 is 11.8 Å². The van der Waals surface area contributed by atoms with Crippen LogP contribution in [0.25, 0.3) is 0 Å². The van der Waals surface area contributed by atoms with Gasteiger partial charge < -0.3 is 10.2 Å². The van der Waals surface area contributed by atoms with Gasteiger partial charge in [0.2, 0.25) is 11.8 Å². The van der Waals surface area contributed by atoms with Crippen LogP contribution in [-0.4, -0.2) is 38.1 Å². The largest absolute Gasteiger partial charge is 0.343 e. The molecule has 0 aromatic carbocycles. The van der Waals surface area contributed by atoms with Crippen LogP contribution in [0.1, 0.15) is 39.2 Å². The van der Waals surface area contributed by atoms with E-state index in [1.807, 2.05) is 24.7 Å². The highest BCUT2D eigenvalue weighted by atomic mass is 16.2. The number of nitrogens with zero attached hydrogens (tertiary/aromatic N) is 3. The molecule has 0 bridgehead atoms. The Morgan fingerprint density at radius 1 is 1.43 bits per heavy atom. The lowest BCUT2D eigenvalue weighted by Gasteiger charge is -2.46. The van der Waals surface area contributed by atoms with E-state index in [-0.39, 0.29) is 17.7 Å². The van der Waals surface area contributed by atoms with Crippen LogP contribution in [0.3, 0.4) is 0 Å². The van der Waals surface area contributed by atoms with Crippen LogP contribution >= 0.6 is 0 Å². The summed E-state index contributed by atoms with van der Waals surface area (Å²) in [6.07, 6.45) is 5.74. The number of carbonyl (C=O) groups is 2. The zero-order chi connectivity index (χ0) is 15.2. The van der Waals surface area contributed by atoms with Gasteiger partial charge in [-0.3, -0.25) is 14.3 Å². The molecule has 2 aliphatic rings. The van der Waals surface area contributed by atoms with E-state index in [2.05, 4.69) is 10.4 Å². The first-order valence-electron chi connectivity index (χ1n) is 7.60. The van der Waals surface area contributed by atoms with E-state index in [1.54, 1.807) is 18.0 Å². The monoisotopic (exact) mass is 290 g/mol. The lowest BCUT2D eigenvalue weighted by Crippen LogP contribution is -2.69. The van der Waals surface area contributed by atoms with Gasteiger partial charge in [0.25, 0.3) is 0 Å². The number of hydrogen-bond donors (Lipinski definition) is 1. The summed E-state index contributed by atoms with van der Waals surface area (Å²) in [6, 6.07) is -0.453. The van der Waals surface area contributed by atoms with E-state index in [0.29, 0.717) is 6.54 Å². The molecule has 0 spiro atoms. The predicted molar refractivity (Wildman–Crippen MR) is 77.2 cm³/mol. The van der Waals surface area contributed by atoms with Crippen molar-refractivity contribution in [2.75, 3.05) is 0 Å². The molecule has 1 aliphatic carbocycles. The smallest absolute Gasteiger partial charge is 0.246 e. The van der Waals surface area contributed by atoms with Crippen molar-refractivity contribution in [3.63, 3.8) is 0 Å². The van der Waals surface area contributed by atoms with Gasteiger partial charge in [0.15, 0.2) is 0 Å². The summed E-state index contributed by atoms with van der Waals surface area (Å²) in [5, 5.41) is 7.07. The van der Waals surface area contributed by atoms with E-state index in [0.717, 1.165) is 24.9 Å². The Kier molecular flexibility index (Phi) is 3.26. The number of rotatable bonds is 4. The number of nitrogens with one attached hydrogen (secondary N) is 1. The molecule has 2 fully saturated rings. The minimum Gasteiger partial charge on any atom is -0.343 e. The third-order valence-corrected chi connectivity index (χ3v) is 4.73. The minimum atomic E-state index is -0.724. The number of piperazine rings is 1. The van der Waals surface area contributed by atoms with Crippen LogP contribution in [0.2, 0.25) is 0 Å². The van der Waals surface area contributed by atoms with Gasteiger partial charge in [0.1, 0.15) is 11.6 Å². The van der Waals surface area contributed by atoms with Gasteiger partial charge >= 0.3 is 0 Å². The fourth-order valence-corrected chi connectivity index (χ4v) is 3.13. The predicted octanol–water partition coefficient (Wildman–Crippen LogP) is 0.919. The zero-order valence-electron chi connectivity index (χ0n) is 12.8. The standard InChI is InChI=1S/C15H22N4O2/c1-4-18-8-11(7-16-18)9-19-13(20)10(2)17-14(21)15(19,3)12-5-6-12/h7-8,10,12H,4-6,9H2,1-3H3,(H,17,21). The molecule has 6 heteroatoms. The van der Waals surface area contributed by atoms with Gasteiger partial charge in [-0.1, -0.05) is 0 Å². The second-order valence-electron chi connectivity index (χ2n) is 6.25. The molecule has 114 valence electrons. The van der Waals surface area contributed by atoms with E-state index < -0.39 is 11.6 Å². The number of carbonyl (C=O) groups excluding carboxylic acids is 2. The summed E-state index contributed by atoms with van der Waals surface area (Å²) < 4.78 is 1.84. The number of amides is 2. The molecule has 0 radical (unpaired) electrons. The van der Waals surface area contributed by atoms with Crippen molar-refractivity contribution in [1.82, 2.24) is 20.0 Å². The third-order valence-electron chi connectivity index (χ3n) is 4.73. The highest BCUT2D eigenvalue weighted by molar-refractivity contribution is 5.99. The topological polar surface area (TPSA) is 67.2 Å². The Balaban J connectivity index is 1.90. The Hall–Kier alpha value is -1.85. The summed E-state index contributed by atoms with van der Waals surface area (Å²) in [7, 11) is 0. The van der Waals surface area contributed by atoms with Crippen molar-refractivity contribution in [3.8, 4) is 0 Å². The average molecular weight is 290 g/mol. The van der Waals surface area contributed by atoms with Crippen molar-refractivity contribution in [2.24, 2.45) is 5.92 Å². The molecule has 1 aromatic rings. The van der Waals surface area contributed by atoms with Crippen molar-refractivity contribution < 1.29 is 9.59 Å². The highest BCUT2D eigenvalue weighted by Gasteiger charge is 2.56. The molecule has 2 amide bonds. The minimum absolute atomic E-state index is 0.00625. The summed E-state index contributed by atoms with van der Waals surface area (Å²) in [6.45, 7) is 6.91. The molecule has 2 atom stereocenters. The quantitative estimate of drug-likeness (QED) is 0.896. The summed E-state index contributed by atoms with van der Waals surface area (Å²) in [4.78, 5) is 26.8. The normalized spacial score (nSPS) is 29.7. The SMILES string of the molecule is CCn1cc(CN2C(=O)C(C)NC(=O)C2(C)C2CC2)cn1. The maximum absolute atomic E-state index is 12.6. The highest BCUT2D eigenvalue weighted by Crippen LogP contribution is 2.45. The maximum atomic E-state index is 12.6. The summed E-state index contributed by atoms with van der Waals surface area (Å²) in [5.41, 5.74) is 0.247. The first-order valence-corrected chi connectivity index (χ1v) is 7.60. The van der Waals surface area contributed by atoms with Crippen molar-refractivity contribution in [1.29, 1.82) is 0 Å². The average Bonchev–Trinajstić information content (AvgIpc) is 3.22. The van der Waals surface area contributed by atoms with Crippen molar-refractivity contribution in [3.05, 3.63) is 18.0 Å². The molecule has 21 heavy (non-hydrogen) atoms. The van der Waals surface area contributed by atoms with Crippen molar-refractivity contribution in [2.45, 2.75) is 58.3 Å².